The molecule has 4 N–H and O–H groups in total. The maximum absolute atomic E-state index is 12.6. The first-order chi connectivity index (χ1) is 16.9. The second-order valence-corrected chi connectivity index (χ2v) is 8.21. The summed E-state index contributed by atoms with van der Waals surface area (Å²) in [5.41, 5.74) is 6.41. The fraction of sp³-hybridized carbons (Fsp3) is 0.280. The Morgan fingerprint density at radius 1 is 1.29 bits per heavy atom. The van der Waals surface area contributed by atoms with Crippen molar-refractivity contribution in [3.63, 3.8) is 0 Å². The van der Waals surface area contributed by atoms with E-state index in [1.165, 1.54) is 6.92 Å². The minimum Gasteiger partial charge on any atom is -0.432 e. The van der Waals surface area contributed by atoms with Crippen molar-refractivity contribution in [3.8, 4) is 11.1 Å². The molecule has 2 aromatic carbocycles. The number of amidine groups is 1. The van der Waals surface area contributed by atoms with Crippen molar-refractivity contribution in [1.29, 1.82) is 0 Å². The predicted octanol–water partition coefficient (Wildman–Crippen LogP) is 3.92. The smallest absolute Gasteiger partial charge is 0.360 e. The number of nitrogens with one attached hydrogen (secondary N) is 1. The minimum absolute atomic E-state index is 0.0595. The number of unbranched alkanes of at least 4 members (excludes halogenated alkanes) is 1. The maximum Gasteiger partial charge on any atom is 0.360 e. The summed E-state index contributed by atoms with van der Waals surface area (Å²) in [6.07, 6.45) is 1.27. The van der Waals surface area contributed by atoms with Crippen molar-refractivity contribution in [2.45, 2.75) is 45.9 Å². The summed E-state index contributed by atoms with van der Waals surface area (Å²) in [6.45, 7) is 7.24. The van der Waals surface area contributed by atoms with Gasteiger partial charge in [-0.15, -0.1) is 0 Å². The summed E-state index contributed by atoms with van der Waals surface area (Å²) in [4.78, 5) is 17.0. The van der Waals surface area contributed by atoms with E-state index in [0.29, 0.717) is 24.6 Å². The van der Waals surface area contributed by atoms with Crippen LogP contribution in [0.5, 0.6) is 0 Å². The number of imidazole rings is 1. The van der Waals surface area contributed by atoms with E-state index in [0.717, 1.165) is 35.1 Å². The van der Waals surface area contributed by atoms with Crippen molar-refractivity contribution in [2.75, 3.05) is 0 Å². The number of benzene rings is 2. The molecule has 0 saturated heterocycles. The van der Waals surface area contributed by atoms with E-state index in [9.17, 15) is 9.90 Å². The van der Waals surface area contributed by atoms with E-state index in [-0.39, 0.29) is 10.8 Å². The number of hydrogen-bond donors (Lipinski definition) is 3. The zero-order valence-corrected chi connectivity index (χ0v) is 20.5. The molecule has 0 aliphatic rings. The first-order valence-corrected chi connectivity index (χ1v) is 11.6. The molecule has 1 unspecified atom stereocenters. The number of hydrogen-bond acceptors (Lipinski definition) is 7. The number of hydrazone groups is 2. The molecule has 0 aliphatic heterocycles. The Hall–Kier alpha value is -3.69. The third-order valence-electron chi connectivity index (χ3n) is 5.33. The van der Waals surface area contributed by atoms with Gasteiger partial charge >= 0.3 is 5.97 Å². The van der Waals surface area contributed by atoms with E-state index in [2.05, 4.69) is 34.3 Å². The number of aryl methyl sites for hydroxylation is 1. The molecule has 0 spiro atoms. The Balaban J connectivity index is 1.95. The van der Waals surface area contributed by atoms with Gasteiger partial charge in [-0.3, -0.25) is 5.43 Å². The van der Waals surface area contributed by atoms with E-state index in [1.54, 1.807) is 4.57 Å². The van der Waals surface area contributed by atoms with Crippen molar-refractivity contribution in [3.05, 3.63) is 76.3 Å². The molecule has 9 nitrogen and oxygen atoms in total. The Kier molecular flexibility index (Phi) is 8.99. The SMILES string of the molecule is C=NN/C(=N\N)c1ccccc1-c1ccc(Cn2c(CCCC)nc(Cl)c2C(=O)OC(C)O)cc1. The van der Waals surface area contributed by atoms with Crippen LogP contribution in [0.1, 0.15) is 54.1 Å². The quantitative estimate of drug-likeness (QED) is 0.0974. The van der Waals surface area contributed by atoms with Crippen LogP contribution in [-0.2, 0) is 17.7 Å². The van der Waals surface area contributed by atoms with Crippen LogP contribution in [0.3, 0.4) is 0 Å². The highest BCUT2D eigenvalue weighted by molar-refractivity contribution is 6.32. The van der Waals surface area contributed by atoms with Gasteiger partial charge in [0.25, 0.3) is 0 Å². The largest absolute Gasteiger partial charge is 0.432 e. The average molecular weight is 497 g/mol. The molecule has 0 amide bonds. The second-order valence-electron chi connectivity index (χ2n) is 7.85. The number of aliphatic hydroxyl groups excluding tert-OH is 1. The lowest BCUT2D eigenvalue weighted by atomic mass is 9.98. The molecular formula is C25H29ClN6O3. The number of aliphatic hydroxyl groups is 1. The van der Waals surface area contributed by atoms with Crippen LogP contribution in [0.4, 0.5) is 0 Å². The molecule has 1 heterocycles. The van der Waals surface area contributed by atoms with Crippen LogP contribution in [0.2, 0.25) is 5.15 Å². The topological polar surface area (TPSA) is 127 Å². The number of carbonyl (C=O) groups excluding carboxylic acids is 1. The van der Waals surface area contributed by atoms with E-state index in [1.807, 2.05) is 48.5 Å². The second kappa shape index (κ2) is 12.1. The molecule has 0 radical (unpaired) electrons. The molecule has 0 fully saturated rings. The van der Waals surface area contributed by atoms with Gasteiger partial charge in [-0.2, -0.15) is 10.2 Å². The molecule has 3 aromatic rings. The van der Waals surface area contributed by atoms with Gasteiger partial charge in [-0.05, 0) is 30.0 Å². The number of esters is 1. The first-order valence-electron chi connectivity index (χ1n) is 11.2. The highest BCUT2D eigenvalue weighted by Gasteiger charge is 2.24. The number of nitrogens with zero attached hydrogens (tertiary/aromatic N) is 4. The van der Waals surface area contributed by atoms with Gasteiger partial charge in [0.15, 0.2) is 23.0 Å². The predicted molar refractivity (Wildman–Crippen MR) is 137 cm³/mol. The standard InChI is InChI=1S/C25H29ClN6O3/c1-4-5-10-21-29-23(26)22(25(34)35-16(2)33)32(21)15-17-11-13-18(14-12-17)19-8-6-7-9-20(19)24(30-27)31-28-3/h6-9,11-14,16,33H,3-5,10,15,27H2,1-2H3,(H,30,31). The molecule has 0 bridgehead atoms. The van der Waals surface area contributed by atoms with Crippen LogP contribution in [-0.4, -0.2) is 39.5 Å². The van der Waals surface area contributed by atoms with Crippen LogP contribution in [0, 0.1) is 0 Å². The van der Waals surface area contributed by atoms with Gasteiger partial charge in [0.2, 0.25) is 0 Å². The van der Waals surface area contributed by atoms with Gasteiger partial charge in [0.05, 0.1) is 0 Å². The van der Waals surface area contributed by atoms with Crippen molar-refractivity contribution in [1.82, 2.24) is 15.0 Å². The van der Waals surface area contributed by atoms with Gasteiger partial charge in [-0.1, -0.05) is 73.5 Å². The molecule has 1 atom stereocenters. The summed E-state index contributed by atoms with van der Waals surface area (Å²) in [5.74, 6) is 5.90. The lowest BCUT2D eigenvalue weighted by Gasteiger charge is -2.14. The third-order valence-corrected chi connectivity index (χ3v) is 5.59. The highest BCUT2D eigenvalue weighted by atomic mass is 35.5. The van der Waals surface area contributed by atoms with Crippen LogP contribution < -0.4 is 11.3 Å². The number of rotatable bonds is 10. The molecule has 1 aromatic heterocycles. The van der Waals surface area contributed by atoms with Crippen LogP contribution in [0.15, 0.2) is 58.7 Å². The summed E-state index contributed by atoms with van der Waals surface area (Å²) in [7, 11) is 0. The Bertz CT molecular complexity index is 1200. The van der Waals surface area contributed by atoms with Crippen LogP contribution >= 0.6 is 11.6 Å². The first kappa shape index (κ1) is 25.9. The average Bonchev–Trinajstić information content (AvgIpc) is 3.15. The fourth-order valence-electron chi connectivity index (χ4n) is 3.72. The Labute approximate surface area is 209 Å². The zero-order chi connectivity index (χ0) is 25.4. The normalized spacial score (nSPS) is 12.3. The van der Waals surface area contributed by atoms with Crippen molar-refractivity contribution < 1.29 is 14.6 Å². The van der Waals surface area contributed by atoms with E-state index < -0.39 is 12.3 Å². The zero-order valence-electron chi connectivity index (χ0n) is 19.7. The Morgan fingerprint density at radius 2 is 2.00 bits per heavy atom. The monoisotopic (exact) mass is 496 g/mol. The summed E-state index contributed by atoms with van der Waals surface area (Å²) in [6, 6.07) is 15.5. The minimum atomic E-state index is -1.26. The lowest BCUT2D eigenvalue weighted by Crippen LogP contribution is -2.21. The molecule has 35 heavy (non-hydrogen) atoms. The number of ether oxygens (including phenoxy) is 1. The summed E-state index contributed by atoms with van der Waals surface area (Å²) < 4.78 is 6.74. The lowest BCUT2D eigenvalue weighted by molar-refractivity contribution is -0.0530. The van der Waals surface area contributed by atoms with Crippen LogP contribution in [0.25, 0.3) is 11.1 Å². The number of aromatic nitrogens is 2. The van der Waals surface area contributed by atoms with Gasteiger partial charge in [0, 0.05) is 25.2 Å². The van der Waals surface area contributed by atoms with Crippen molar-refractivity contribution in [2.24, 2.45) is 16.0 Å². The maximum atomic E-state index is 12.6. The fourth-order valence-corrected chi connectivity index (χ4v) is 3.99. The molecule has 10 heteroatoms. The molecule has 0 saturated carbocycles. The number of nitrogens with two attached hydrogens (primary N) is 1. The van der Waals surface area contributed by atoms with Gasteiger partial charge in [-0.25, -0.2) is 9.78 Å². The van der Waals surface area contributed by atoms with Gasteiger partial charge in [0.1, 0.15) is 5.82 Å². The Morgan fingerprint density at radius 3 is 2.63 bits per heavy atom. The van der Waals surface area contributed by atoms with Crippen molar-refractivity contribution >= 4 is 30.1 Å². The third kappa shape index (κ3) is 6.26. The highest BCUT2D eigenvalue weighted by Crippen LogP contribution is 2.26. The van der Waals surface area contributed by atoms with E-state index in [4.69, 9.17) is 22.2 Å². The molecule has 3 rings (SSSR count). The molecular weight excluding hydrogens is 468 g/mol. The summed E-state index contributed by atoms with van der Waals surface area (Å²) in [5, 5.41) is 17.0. The van der Waals surface area contributed by atoms with E-state index >= 15 is 0 Å². The number of carbonyl (C=O) groups is 1. The van der Waals surface area contributed by atoms with Gasteiger partial charge < -0.3 is 20.3 Å². The molecule has 0 aliphatic carbocycles. The number of halogens is 1. The molecule has 184 valence electrons. The summed E-state index contributed by atoms with van der Waals surface area (Å²) >= 11 is 6.31.